The molecule has 4 heteroatoms. The highest BCUT2D eigenvalue weighted by molar-refractivity contribution is 7.20. The fourth-order valence-electron chi connectivity index (χ4n) is 3.86. The number of thiazole rings is 1. The Morgan fingerprint density at radius 3 is 2.59 bits per heavy atom. The van der Waals surface area contributed by atoms with Crippen LogP contribution in [0.5, 0.6) is 10.9 Å². The molecule has 0 unspecified atom stereocenters. The summed E-state index contributed by atoms with van der Waals surface area (Å²) < 4.78 is 7.08. The van der Waals surface area contributed by atoms with Crippen molar-refractivity contribution >= 4 is 21.6 Å². The molecule has 3 nitrogen and oxygen atoms in total. The molecule has 1 saturated carbocycles. The monoisotopic (exact) mass is 380 g/mol. The maximum absolute atomic E-state index is 5.92. The molecule has 4 rings (SSSR count). The first-order valence-electron chi connectivity index (χ1n) is 10.2. The molecule has 3 aromatic rings. The SMILES string of the molecule is c1ccc2sc(Oc3ccc(CCNCCC4CCCCC4)cc3)nc2c1. The van der Waals surface area contributed by atoms with Gasteiger partial charge in [-0.2, -0.15) is 0 Å². The van der Waals surface area contributed by atoms with Gasteiger partial charge in [0.15, 0.2) is 0 Å². The number of fused-ring (bicyclic) bond motifs is 1. The van der Waals surface area contributed by atoms with Crippen LogP contribution in [-0.4, -0.2) is 18.1 Å². The van der Waals surface area contributed by atoms with E-state index in [0.717, 1.165) is 41.4 Å². The molecule has 0 atom stereocenters. The topological polar surface area (TPSA) is 34.1 Å². The minimum Gasteiger partial charge on any atom is -0.431 e. The lowest BCUT2D eigenvalue weighted by Crippen LogP contribution is -2.21. The Kier molecular flexibility index (Phi) is 6.38. The Hall–Kier alpha value is -1.91. The van der Waals surface area contributed by atoms with Crippen molar-refractivity contribution in [2.24, 2.45) is 5.92 Å². The molecule has 1 aliphatic rings. The predicted octanol–water partition coefficient (Wildman–Crippen LogP) is 6.19. The summed E-state index contributed by atoms with van der Waals surface area (Å²) in [5, 5.41) is 4.31. The van der Waals surface area contributed by atoms with E-state index in [1.54, 1.807) is 11.3 Å². The average Bonchev–Trinajstić information content (AvgIpc) is 3.12. The highest BCUT2D eigenvalue weighted by Crippen LogP contribution is 2.31. The van der Waals surface area contributed by atoms with E-state index in [4.69, 9.17) is 4.74 Å². The second kappa shape index (κ2) is 9.34. The van der Waals surface area contributed by atoms with Crippen molar-refractivity contribution in [2.75, 3.05) is 13.1 Å². The van der Waals surface area contributed by atoms with Crippen molar-refractivity contribution in [1.82, 2.24) is 10.3 Å². The lowest BCUT2D eigenvalue weighted by Gasteiger charge is -2.21. The molecule has 1 heterocycles. The third-order valence-electron chi connectivity index (χ3n) is 5.45. The molecule has 27 heavy (non-hydrogen) atoms. The first-order chi connectivity index (χ1) is 13.4. The normalized spacial score (nSPS) is 15.3. The number of hydrogen-bond acceptors (Lipinski definition) is 4. The van der Waals surface area contributed by atoms with Crippen LogP contribution < -0.4 is 10.1 Å². The molecule has 0 saturated heterocycles. The van der Waals surface area contributed by atoms with Gasteiger partial charge in [-0.25, -0.2) is 4.98 Å². The highest BCUT2D eigenvalue weighted by Gasteiger charge is 2.12. The van der Waals surface area contributed by atoms with Crippen LogP contribution in [0.2, 0.25) is 0 Å². The van der Waals surface area contributed by atoms with Crippen LogP contribution in [0.1, 0.15) is 44.1 Å². The molecule has 142 valence electrons. The van der Waals surface area contributed by atoms with E-state index in [2.05, 4.69) is 28.5 Å². The van der Waals surface area contributed by atoms with Crippen LogP contribution in [0.3, 0.4) is 0 Å². The number of benzene rings is 2. The van der Waals surface area contributed by atoms with Gasteiger partial charge in [0.2, 0.25) is 0 Å². The minimum absolute atomic E-state index is 0.702. The molecule has 0 radical (unpaired) electrons. The van der Waals surface area contributed by atoms with Crippen LogP contribution in [0.15, 0.2) is 48.5 Å². The zero-order chi connectivity index (χ0) is 18.3. The first-order valence-corrected chi connectivity index (χ1v) is 11.0. The summed E-state index contributed by atoms with van der Waals surface area (Å²) in [7, 11) is 0. The number of rotatable bonds is 8. The summed E-state index contributed by atoms with van der Waals surface area (Å²) in [6, 6.07) is 16.5. The van der Waals surface area contributed by atoms with Gasteiger partial charge < -0.3 is 10.1 Å². The van der Waals surface area contributed by atoms with Crippen molar-refractivity contribution in [1.29, 1.82) is 0 Å². The van der Waals surface area contributed by atoms with E-state index in [-0.39, 0.29) is 0 Å². The predicted molar refractivity (Wildman–Crippen MR) is 114 cm³/mol. The molecular formula is C23H28N2OS. The zero-order valence-corrected chi connectivity index (χ0v) is 16.6. The molecule has 1 aromatic heterocycles. The van der Waals surface area contributed by atoms with Crippen molar-refractivity contribution in [3.63, 3.8) is 0 Å². The Morgan fingerprint density at radius 1 is 0.963 bits per heavy atom. The van der Waals surface area contributed by atoms with E-state index < -0.39 is 0 Å². The number of aromatic nitrogens is 1. The first kappa shape index (κ1) is 18.5. The lowest BCUT2D eigenvalue weighted by atomic mass is 9.87. The second-order valence-electron chi connectivity index (χ2n) is 7.49. The van der Waals surface area contributed by atoms with Gasteiger partial charge in [-0.1, -0.05) is 67.7 Å². The maximum Gasteiger partial charge on any atom is 0.279 e. The summed E-state index contributed by atoms with van der Waals surface area (Å²) in [4.78, 5) is 4.53. The molecule has 0 amide bonds. The average molecular weight is 381 g/mol. The van der Waals surface area contributed by atoms with Gasteiger partial charge in [0, 0.05) is 0 Å². The fraction of sp³-hybridized carbons (Fsp3) is 0.435. The number of ether oxygens (including phenoxy) is 1. The minimum atomic E-state index is 0.702. The molecule has 0 aliphatic heterocycles. The van der Waals surface area contributed by atoms with Crippen molar-refractivity contribution in [3.8, 4) is 10.9 Å². The molecule has 1 fully saturated rings. The summed E-state index contributed by atoms with van der Waals surface area (Å²) in [6.07, 6.45) is 9.62. The van der Waals surface area contributed by atoms with E-state index in [1.807, 2.05) is 30.3 Å². The smallest absolute Gasteiger partial charge is 0.279 e. The molecule has 0 spiro atoms. The summed E-state index contributed by atoms with van der Waals surface area (Å²) in [5.41, 5.74) is 2.34. The van der Waals surface area contributed by atoms with Gasteiger partial charge >= 0.3 is 0 Å². The molecule has 1 N–H and O–H groups in total. The van der Waals surface area contributed by atoms with Gasteiger partial charge in [-0.05, 0) is 61.7 Å². The van der Waals surface area contributed by atoms with Crippen LogP contribution in [0.4, 0.5) is 0 Å². The number of para-hydroxylation sites is 1. The number of nitrogens with one attached hydrogen (secondary N) is 1. The van der Waals surface area contributed by atoms with Crippen molar-refractivity contribution in [3.05, 3.63) is 54.1 Å². The van der Waals surface area contributed by atoms with Gasteiger partial charge in [0.25, 0.3) is 5.19 Å². The van der Waals surface area contributed by atoms with Crippen molar-refractivity contribution in [2.45, 2.75) is 44.9 Å². The standard InChI is InChI=1S/C23H28N2OS/c1-2-6-18(7-3-1)14-16-24-17-15-19-10-12-20(13-11-19)26-23-25-21-8-4-5-9-22(21)27-23/h4-5,8-13,18,24H,1-3,6-7,14-17H2. The van der Waals surface area contributed by atoms with Gasteiger partial charge in [0.05, 0.1) is 10.2 Å². The lowest BCUT2D eigenvalue weighted by molar-refractivity contribution is 0.334. The van der Waals surface area contributed by atoms with E-state index in [9.17, 15) is 0 Å². The molecular weight excluding hydrogens is 352 g/mol. The molecule has 2 aromatic carbocycles. The second-order valence-corrected chi connectivity index (χ2v) is 8.48. The van der Waals surface area contributed by atoms with E-state index in [0.29, 0.717) is 5.19 Å². The van der Waals surface area contributed by atoms with Crippen LogP contribution in [-0.2, 0) is 6.42 Å². The Labute approximate surface area is 165 Å². The summed E-state index contributed by atoms with van der Waals surface area (Å²) in [6.45, 7) is 2.20. The Balaban J connectivity index is 1.20. The molecule has 1 aliphatic carbocycles. The van der Waals surface area contributed by atoms with Crippen molar-refractivity contribution < 1.29 is 4.74 Å². The third-order valence-corrected chi connectivity index (χ3v) is 6.36. The van der Waals surface area contributed by atoms with E-state index >= 15 is 0 Å². The number of hydrogen-bond donors (Lipinski definition) is 1. The quantitative estimate of drug-likeness (QED) is 0.473. The van der Waals surface area contributed by atoms with E-state index in [1.165, 1.54) is 44.1 Å². The summed E-state index contributed by atoms with van der Waals surface area (Å²) in [5.74, 6) is 1.81. The van der Waals surface area contributed by atoms with Gasteiger partial charge in [0.1, 0.15) is 5.75 Å². The van der Waals surface area contributed by atoms with Gasteiger partial charge in [-0.15, -0.1) is 0 Å². The summed E-state index contributed by atoms with van der Waals surface area (Å²) >= 11 is 1.58. The third kappa shape index (κ3) is 5.30. The van der Waals surface area contributed by atoms with Crippen LogP contribution in [0.25, 0.3) is 10.2 Å². The largest absolute Gasteiger partial charge is 0.431 e. The Bertz CT molecular complexity index is 804. The van der Waals surface area contributed by atoms with Gasteiger partial charge in [-0.3, -0.25) is 0 Å². The Morgan fingerprint density at radius 2 is 1.78 bits per heavy atom. The van der Waals surface area contributed by atoms with Crippen LogP contribution in [0, 0.1) is 5.92 Å². The molecule has 0 bridgehead atoms. The van der Waals surface area contributed by atoms with Crippen LogP contribution >= 0.6 is 11.3 Å². The zero-order valence-electron chi connectivity index (χ0n) is 15.8. The fourth-order valence-corrected chi connectivity index (χ4v) is 4.69. The maximum atomic E-state index is 5.92. The highest BCUT2D eigenvalue weighted by atomic mass is 32.1. The number of nitrogens with zero attached hydrogens (tertiary/aromatic N) is 1.